The summed E-state index contributed by atoms with van der Waals surface area (Å²) in [5.41, 5.74) is 5.24. The normalized spacial score (nSPS) is 26.2. The van der Waals surface area contributed by atoms with Gasteiger partial charge in [-0.15, -0.1) is 0 Å². The molecule has 1 saturated heterocycles. The molecule has 0 bridgehead atoms. The van der Waals surface area contributed by atoms with Gasteiger partial charge in [0.2, 0.25) is 5.91 Å². The number of aromatic nitrogens is 1. The molecule has 0 spiro atoms. The van der Waals surface area contributed by atoms with Gasteiger partial charge in [-0.1, -0.05) is 6.07 Å². The van der Waals surface area contributed by atoms with Crippen molar-refractivity contribution in [3.63, 3.8) is 0 Å². The van der Waals surface area contributed by atoms with Crippen LogP contribution >= 0.6 is 0 Å². The highest BCUT2D eigenvalue weighted by Crippen LogP contribution is 2.43. The number of anilines is 4. The number of hydrogen-bond acceptors (Lipinski definition) is 6. The van der Waals surface area contributed by atoms with Crippen LogP contribution in [0.25, 0.3) is 0 Å². The topological polar surface area (TPSA) is 66.9 Å². The van der Waals surface area contributed by atoms with Gasteiger partial charge in [-0.05, 0) is 84.1 Å². The van der Waals surface area contributed by atoms with E-state index in [0.29, 0.717) is 13.2 Å². The molecule has 1 N–H and O–H groups in total. The summed E-state index contributed by atoms with van der Waals surface area (Å²) >= 11 is 0. The van der Waals surface area contributed by atoms with Crippen molar-refractivity contribution < 1.29 is 14.3 Å². The lowest BCUT2D eigenvalue weighted by atomic mass is 9.86. The van der Waals surface area contributed by atoms with Crippen molar-refractivity contribution in [3.8, 4) is 0 Å². The second-order valence-electron chi connectivity index (χ2n) is 11.0. The van der Waals surface area contributed by atoms with Gasteiger partial charge in [0.1, 0.15) is 5.82 Å². The van der Waals surface area contributed by atoms with E-state index in [1.165, 1.54) is 5.69 Å². The van der Waals surface area contributed by atoms with Gasteiger partial charge < -0.3 is 24.6 Å². The van der Waals surface area contributed by atoms with Crippen LogP contribution in [0.3, 0.4) is 0 Å². The largest absolute Gasteiger partial charge is 0.376 e. The van der Waals surface area contributed by atoms with E-state index in [2.05, 4.69) is 68.0 Å². The van der Waals surface area contributed by atoms with Gasteiger partial charge in [0.25, 0.3) is 0 Å². The summed E-state index contributed by atoms with van der Waals surface area (Å²) in [6.45, 7) is 12.7. The minimum Gasteiger partial charge on any atom is -0.376 e. The van der Waals surface area contributed by atoms with Gasteiger partial charge in [0, 0.05) is 36.0 Å². The lowest BCUT2D eigenvalue weighted by molar-refractivity contribution is -0.124. The Morgan fingerprint density at radius 1 is 1.17 bits per heavy atom. The minimum absolute atomic E-state index is 0.00784. The van der Waals surface area contributed by atoms with E-state index in [1.807, 2.05) is 11.0 Å². The molecule has 3 heterocycles. The molecule has 1 aromatic heterocycles. The van der Waals surface area contributed by atoms with Crippen molar-refractivity contribution in [3.05, 3.63) is 41.6 Å². The van der Waals surface area contributed by atoms with Gasteiger partial charge >= 0.3 is 0 Å². The summed E-state index contributed by atoms with van der Waals surface area (Å²) in [5, 5.41) is 3.54. The van der Waals surface area contributed by atoms with Gasteiger partial charge in [-0.3, -0.25) is 4.79 Å². The van der Waals surface area contributed by atoms with Crippen molar-refractivity contribution in [2.75, 3.05) is 28.3 Å². The number of ether oxygens (including phenoxy) is 2. The van der Waals surface area contributed by atoms with E-state index < -0.39 is 0 Å². The van der Waals surface area contributed by atoms with Gasteiger partial charge in [0.05, 0.1) is 42.8 Å². The summed E-state index contributed by atoms with van der Waals surface area (Å²) in [5.74, 6) is 1.04. The van der Waals surface area contributed by atoms with E-state index in [9.17, 15) is 4.79 Å². The Morgan fingerprint density at radius 3 is 2.69 bits per heavy atom. The first kappa shape index (κ1) is 25.0. The van der Waals surface area contributed by atoms with Crippen LogP contribution in [0, 0.1) is 12.8 Å². The number of benzene rings is 1. The fraction of sp³-hybridized carbons (Fsp3) is 0.586. The summed E-state index contributed by atoms with van der Waals surface area (Å²) in [4.78, 5) is 23.2. The maximum atomic E-state index is 14.2. The minimum atomic E-state index is 0.00784. The van der Waals surface area contributed by atoms with Crippen LogP contribution in [0.5, 0.6) is 0 Å². The molecule has 194 valence electrons. The number of hydrogen-bond donors (Lipinski definition) is 1. The Hall–Kier alpha value is -2.64. The van der Waals surface area contributed by atoms with Crippen LogP contribution in [0.1, 0.15) is 64.5 Å². The smallest absolute Gasteiger partial charge is 0.230 e. The van der Waals surface area contributed by atoms with Crippen molar-refractivity contribution in [2.24, 2.45) is 5.92 Å². The van der Waals surface area contributed by atoms with Crippen LogP contribution in [-0.4, -0.2) is 48.4 Å². The molecular weight excluding hydrogens is 452 g/mol. The number of rotatable bonds is 4. The van der Waals surface area contributed by atoms with Crippen LogP contribution in [0.2, 0.25) is 0 Å². The number of pyridine rings is 1. The van der Waals surface area contributed by atoms with Crippen molar-refractivity contribution in [1.29, 1.82) is 0 Å². The third kappa shape index (κ3) is 4.96. The molecule has 2 fully saturated rings. The SMILES string of the molecule is Cc1c(N2C[C@H](C)OC[C@@H]2C)ccc2c1N(C(=O)C1CCC(OC(C)C)CC1)Cc1cccnc1N2. The van der Waals surface area contributed by atoms with Crippen molar-refractivity contribution in [2.45, 2.75) is 91.2 Å². The fourth-order valence-electron chi connectivity index (χ4n) is 5.98. The van der Waals surface area contributed by atoms with Crippen LogP contribution in [0.15, 0.2) is 30.5 Å². The molecule has 1 aromatic carbocycles. The summed E-state index contributed by atoms with van der Waals surface area (Å²) in [6, 6.07) is 8.58. The molecule has 2 aliphatic heterocycles. The molecular formula is C29H40N4O3. The van der Waals surface area contributed by atoms with E-state index in [4.69, 9.17) is 9.47 Å². The molecule has 5 rings (SSSR count). The predicted molar refractivity (Wildman–Crippen MR) is 144 cm³/mol. The Bertz CT molecular complexity index is 1100. The van der Waals surface area contributed by atoms with Crippen LogP contribution < -0.4 is 15.1 Å². The second-order valence-corrected chi connectivity index (χ2v) is 11.0. The molecule has 1 saturated carbocycles. The van der Waals surface area contributed by atoms with Gasteiger partial charge in [-0.25, -0.2) is 4.98 Å². The number of carbonyl (C=O) groups excluding carboxylic acids is 1. The first-order valence-electron chi connectivity index (χ1n) is 13.5. The maximum Gasteiger partial charge on any atom is 0.230 e. The lowest BCUT2D eigenvalue weighted by Crippen LogP contribution is -2.48. The van der Waals surface area contributed by atoms with Crippen molar-refractivity contribution >= 4 is 28.8 Å². The van der Waals surface area contributed by atoms with Crippen LogP contribution in [-0.2, 0) is 20.8 Å². The lowest BCUT2D eigenvalue weighted by Gasteiger charge is -2.40. The molecule has 7 heteroatoms. The fourth-order valence-corrected chi connectivity index (χ4v) is 5.98. The first-order chi connectivity index (χ1) is 17.3. The highest BCUT2D eigenvalue weighted by molar-refractivity contribution is 6.01. The predicted octanol–water partition coefficient (Wildman–Crippen LogP) is 5.58. The number of nitrogens with zero attached hydrogens (tertiary/aromatic N) is 3. The third-order valence-corrected chi connectivity index (χ3v) is 7.82. The van der Waals surface area contributed by atoms with E-state index >= 15 is 0 Å². The maximum absolute atomic E-state index is 14.2. The zero-order valence-corrected chi connectivity index (χ0v) is 22.3. The number of amides is 1. The number of morpholine rings is 1. The summed E-state index contributed by atoms with van der Waals surface area (Å²) in [6.07, 6.45) is 6.07. The Kier molecular flexibility index (Phi) is 7.22. The third-order valence-electron chi connectivity index (χ3n) is 7.82. The molecule has 0 radical (unpaired) electrons. The monoisotopic (exact) mass is 492 g/mol. The van der Waals surface area contributed by atoms with Crippen LogP contribution in [0.4, 0.5) is 22.9 Å². The average Bonchev–Trinajstić information content (AvgIpc) is 3.03. The van der Waals surface area contributed by atoms with Gasteiger partial charge in [0.15, 0.2) is 0 Å². The Balaban J connectivity index is 1.50. The first-order valence-corrected chi connectivity index (χ1v) is 13.5. The van der Waals surface area contributed by atoms with E-state index in [0.717, 1.165) is 60.5 Å². The Morgan fingerprint density at radius 2 is 1.94 bits per heavy atom. The molecule has 7 nitrogen and oxygen atoms in total. The van der Waals surface area contributed by atoms with Gasteiger partial charge in [-0.2, -0.15) is 0 Å². The highest BCUT2D eigenvalue weighted by atomic mass is 16.5. The molecule has 2 atom stereocenters. The molecule has 3 aliphatic rings. The average molecular weight is 493 g/mol. The number of fused-ring (bicyclic) bond motifs is 2. The summed E-state index contributed by atoms with van der Waals surface area (Å²) in [7, 11) is 0. The standard InChI is InChI=1S/C29H40N4O3/c1-18(2)36-24-10-8-22(9-11-24)29(34)33-16-23-7-6-14-30-28(23)31-25-12-13-26(21(5)27(25)33)32-15-20(4)35-17-19(32)3/h6-7,12-14,18-20,22,24H,8-11,15-17H2,1-5H3,(H,30,31)/t19-,20-,22?,24?/m0/s1. The zero-order valence-electron chi connectivity index (χ0n) is 22.3. The zero-order chi connectivity index (χ0) is 25.4. The van der Waals surface area contributed by atoms with E-state index in [1.54, 1.807) is 6.20 Å². The highest BCUT2D eigenvalue weighted by Gasteiger charge is 2.35. The quantitative estimate of drug-likeness (QED) is 0.601. The molecule has 36 heavy (non-hydrogen) atoms. The summed E-state index contributed by atoms with van der Waals surface area (Å²) < 4.78 is 11.9. The van der Waals surface area contributed by atoms with E-state index in [-0.39, 0.29) is 36.2 Å². The van der Waals surface area contributed by atoms with Crippen molar-refractivity contribution in [1.82, 2.24) is 4.98 Å². The number of carbonyl (C=O) groups is 1. The molecule has 0 unspecified atom stereocenters. The molecule has 1 aliphatic carbocycles. The second kappa shape index (κ2) is 10.4. The molecule has 2 aromatic rings. The molecule has 1 amide bonds. The Labute approximate surface area is 215 Å². The number of nitrogens with one attached hydrogen (secondary N) is 1.